The first-order valence-corrected chi connectivity index (χ1v) is 8.91. The fraction of sp³-hybridized carbons (Fsp3) is 0.353. The monoisotopic (exact) mass is 361 g/mol. The van der Waals surface area contributed by atoms with Gasteiger partial charge in [-0.15, -0.1) is 11.3 Å². The Hall–Kier alpha value is -2.29. The van der Waals surface area contributed by atoms with Crippen molar-refractivity contribution in [1.82, 2.24) is 10.2 Å². The van der Waals surface area contributed by atoms with Crippen LogP contribution in [0.5, 0.6) is 0 Å². The van der Waals surface area contributed by atoms with Crippen LogP contribution in [0.15, 0.2) is 41.8 Å². The lowest BCUT2D eigenvalue weighted by molar-refractivity contribution is -0.384. The first-order valence-electron chi connectivity index (χ1n) is 8.03. The van der Waals surface area contributed by atoms with Gasteiger partial charge in [0, 0.05) is 42.2 Å². The van der Waals surface area contributed by atoms with E-state index in [1.165, 1.54) is 29.1 Å². The smallest absolute Gasteiger partial charge is 0.269 e. The third-order valence-corrected chi connectivity index (χ3v) is 5.13. The molecule has 1 N–H and O–H groups in total. The summed E-state index contributed by atoms with van der Waals surface area (Å²) in [7, 11) is 0. The average Bonchev–Trinajstić information content (AvgIpc) is 3.17. The number of nitro groups is 1. The Bertz CT molecular complexity index is 712. The minimum Gasteiger partial charge on any atom is -0.379 e. The topological polar surface area (TPSA) is 84.7 Å². The Labute approximate surface area is 149 Å². The molecule has 1 atom stereocenters. The summed E-state index contributed by atoms with van der Waals surface area (Å²) in [5.41, 5.74) is 0.388. The number of carbonyl (C=O) groups is 1. The number of carbonyl (C=O) groups excluding carboxylic acids is 1. The molecule has 8 heteroatoms. The number of thiophene rings is 1. The Morgan fingerprint density at radius 2 is 2.00 bits per heavy atom. The van der Waals surface area contributed by atoms with Gasteiger partial charge in [0.05, 0.1) is 24.2 Å². The van der Waals surface area contributed by atoms with Gasteiger partial charge in [0.15, 0.2) is 0 Å². The van der Waals surface area contributed by atoms with Crippen LogP contribution < -0.4 is 5.32 Å². The van der Waals surface area contributed by atoms with Crippen molar-refractivity contribution in [3.63, 3.8) is 0 Å². The van der Waals surface area contributed by atoms with Crippen molar-refractivity contribution in [3.8, 4) is 0 Å². The van der Waals surface area contributed by atoms with E-state index in [1.54, 1.807) is 11.3 Å². The fourth-order valence-electron chi connectivity index (χ4n) is 2.81. The molecule has 0 aliphatic carbocycles. The van der Waals surface area contributed by atoms with Gasteiger partial charge in [-0.2, -0.15) is 0 Å². The molecule has 3 rings (SSSR count). The molecule has 0 spiro atoms. The van der Waals surface area contributed by atoms with Crippen LogP contribution in [-0.4, -0.2) is 48.6 Å². The molecule has 1 aromatic heterocycles. The van der Waals surface area contributed by atoms with E-state index in [9.17, 15) is 14.9 Å². The first-order chi connectivity index (χ1) is 12.1. The molecule has 2 heterocycles. The van der Waals surface area contributed by atoms with Crippen LogP contribution in [0.4, 0.5) is 5.69 Å². The Morgan fingerprint density at radius 1 is 1.28 bits per heavy atom. The van der Waals surface area contributed by atoms with Crippen molar-refractivity contribution in [2.24, 2.45) is 0 Å². The highest BCUT2D eigenvalue weighted by Gasteiger charge is 2.24. The Morgan fingerprint density at radius 3 is 2.60 bits per heavy atom. The Balaban J connectivity index is 1.65. The molecular weight excluding hydrogens is 342 g/mol. The van der Waals surface area contributed by atoms with Crippen molar-refractivity contribution in [1.29, 1.82) is 0 Å². The number of hydrogen-bond donors (Lipinski definition) is 1. The van der Waals surface area contributed by atoms with E-state index < -0.39 is 4.92 Å². The predicted octanol–water partition coefficient (Wildman–Crippen LogP) is 2.46. The van der Waals surface area contributed by atoms with Crippen LogP contribution in [0.3, 0.4) is 0 Å². The molecule has 0 bridgehead atoms. The van der Waals surface area contributed by atoms with E-state index in [0.717, 1.165) is 13.1 Å². The molecule has 2 aromatic rings. The van der Waals surface area contributed by atoms with E-state index in [4.69, 9.17) is 4.74 Å². The lowest BCUT2D eigenvalue weighted by Crippen LogP contribution is -2.43. The standard InChI is InChI=1S/C17H19N3O4S/c21-17(13-3-5-14(6-4-13)20(22)23)18-12-15(16-2-1-11-25-16)19-7-9-24-10-8-19/h1-6,11,15H,7-10,12H2,(H,18,21)/t15-/m0/s1. The van der Waals surface area contributed by atoms with Gasteiger partial charge in [0.1, 0.15) is 0 Å². The number of rotatable bonds is 6. The number of ether oxygens (including phenoxy) is 1. The summed E-state index contributed by atoms with van der Waals surface area (Å²) < 4.78 is 5.41. The summed E-state index contributed by atoms with van der Waals surface area (Å²) in [5, 5.41) is 15.7. The highest BCUT2D eigenvalue weighted by atomic mass is 32.1. The minimum atomic E-state index is -0.479. The zero-order chi connectivity index (χ0) is 17.6. The fourth-order valence-corrected chi connectivity index (χ4v) is 3.67. The van der Waals surface area contributed by atoms with Gasteiger partial charge in [-0.1, -0.05) is 6.07 Å². The van der Waals surface area contributed by atoms with Gasteiger partial charge in [-0.05, 0) is 23.6 Å². The molecule has 25 heavy (non-hydrogen) atoms. The van der Waals surface area contributed by atoms with Gasteiger partial charge in [0.2, 0.25) is 0 Å². The highest BCUT2D eigenvalue weighted by molar-refractivity contribution is 7.10. The quantitative estimate of drug-likeness (QED) is 0.631. The lowest BCUT2D eigenvalue weighted by Gasteiger charge is -2.34. The molecule has 1 aromatic carbocycles. The van der Waals surface area contributed by atoms with E-state index in [1.807, 2.05) is 11.4 Å². The van der Waals surface area contributed by atoms with Crippen LogP contribution >= 0.6 is 11.3 Å². The maximum absolute atomic E-state index is 12.4. The largest absolute Gasteiger partial charge is 0.379 e. The molecular formula is C17H19N3O4S. The van der Waals surface area contributed by atoms with Crippen molar-refractivity contribution in [2.45, 2.75) is 6.04 Å². The predicted molar refractivity (Wildman–Crippen MR) is 94.9 cm³/mol. The molecule has 0 radical (unpaired) electrons. The molecule has 7 nitrogen and oxygen atoms in total. The zero-order valence-corrected chi connectivity index (χ0v) is 14.4. The second-order valence-corrected chi connectivity index (χ2v) is 6.67. The number of morpholine rings is 1. The van der Waals surface area contributed by atoms with Crippen molar-refractivity contribution in [2.75, 3.05) is 32.8 Å². The summed E-state index contributed by atoms with van der Waals surface area (Å²) >= 11 is 1.67. The molecule has 1 amide bonds. The second-order valence-electron chi connectivity index (χ2n) is 5.69. The lowest BCUT2D eigenvalue weighted by atomic mass is 10.1. The molecule has 0 saturated carbocycles. The number of nitro benzene ring substituents is 1. The zero-order valence-electron chi connectivity index (χ0n) is 13.6. The van der Waals surface area contributed by atoms with Gasteiger partial charge in [-0.25, -0.2) is 0 Å². The van der Waals surface area contributed by atoms with E-state index in [-0.39, 0.29) is 17.6 Å². The Kier molecular flexibility index (Phi) is 5.75. The maximum atomic E-state index is 12.4. The number of hydrogen-bond acceptors (Lipinski definition) is 6. The molecule has 1 aliphatic heterocycles. The van der Waals surface area contributed by atoms with Crippen LogP contribution in [0.1, 0.15) is 21.3 Å². The summed E-state index contributed by atoms with van der Waals surface area (Å²) in [6.07, 6.45) is 0. The normalized spacial score (nSPS) is 16.3. The summed E-state index contributed by atoms with van der Waals surface area (Å²) in [4.78, 5) is 26.1. The van der Waals surface area contributed by atoms with Gasteiger partial charge < -0.3 is 10.1 Å². The third-order valence-electron chi connectivity index (χ3n) is 4.15. The average molecular weight is 361 g/mol. The van der Waals surface area contributed by atoms with Gasteiger partial charge in [0.25, 0.3) is 11.6 Å². The van der Waals surface area contributed by atoms with Crippen LogP contribution in [0.2, 0.25) is 0 Å². The summed E-state index contributed by atoms with van der Waals surface area (Å²) in [5.74, 6) is -0.232. The summed E-state index contributed by atoms with van der Waals surface area (Å²) in [6, 6.07) is 9.81. The van der Waals surface area contributed by atoms with Crippen LogP contribution in [-0.2, 0) is 4.74 Å². The maximum Gasteiger partial charge on any atom is 0.269 e. The molecule has 1 fully saturated rings. The first kappa shape index (κ1) is 17.5. The number of amides is 1. The van der Waals surface area contributed by atoms with Gasteiger partial charge in [-0.3, -0.25) is 19.8 Å². The van der Waals surface area contributed by atoms with Crippen LogP contribution in [0.25, 0.3) is 0 Å². The van der Waals surface area contributed by atoms with E-state index in [0.29, 0.717) is 25.3 Å². The number of nitrogens with zero attached hydrogens (tertiary/aromatic N) is 2. The number of benzene rings is 1. The SMILES string of the molecule is O=C(NC[C@@H](c1cccs1)N1CCOCC1)c1ccc([N+](=O)[O-])cc1. The minimum absolute atomic E-state index is 0.0265. The van der Waals surface area contributed by atoms with Crippen molar-refractivity contribution < 1.29 is 14.5 Å². The molecule has 1 aliphatic rings. The third kappa shape index (κ3) is 4.41. The molecule has 0 unspecified atom stereocenters. The summed E-state index contributed by atoms with van der Waals surface area (Å²) in [6.45, 7) is 3.53. The van der Waals surface area contributed by atoms with Gasteiger partial charge >= 0.3 is 0 Å². The van der Waals surface area contributed by atoms with E-state index in [2.05, 4.69) is 16.3 Å². The van der Waals surface area contributed by atoms with Crippen molar-refractivity contribution in [3.05, 3.63) is 62.3 Å². The van der Waals surface area contributed by atoms with Crippen LogP contribution in [0, 0.1) is 10.1 Å². The van der Waals surface area contributed by atoms with E-state index >= 15 is 0 Å². The van der Waals surface area contributed by atoms with Crippen molar-refractivity contribution >= 4 is 22.9 Å². The molecule has 1 saturated heterocycles. The highest BCUT2D eigenvalue weighted by Crippen LogP contribution is 2.25. The second kappa shape index (κ2) is 8.19. The number of nitrogens with one attached hydrogen (secondary N) is 1. The number of non-ortho nitro benzene ring substituents is 1. The molecule has 132 valence electrons.